The Balaban J connectivity index is -0.000000119. The Morgan fingerprint density at radius 2 is 1.44 bits per heavy atom. The van der Waals surface area contributed by atoms with Gasteiger partial charge in [0.25, 0.3) is 0 Å². The molecule has 0 atom stereocenters. The van der Waals surface area contributed by atoms with Crippen LogP contribution in [0.3, 0.4) is 0 Å². The van der Waals surface area contributed by atoms with E-state index in [1.165, 1.54) is 14.0 Å². The Bertz CT molecular complexity index is 433. The molecule has 0 radical (unpaired) electrons. The van der Waals surface area contributed by atoms with Gasteiger partial charge < -0.3 is 19.4 Å². The number of hydrogen-bond donors (Lipinski definition) is 0. The average Bonchev–Trinajstić information content (AvgIpc) is 2.45. The number of methoxy groups -OCH3 is 1. The van der Waals surface area contributed by atoms with Crippen molar-refractivity contribution in [1.29, 1.82) is 0 Å². The molecular weight excluding hydrogens is 350 g/mol. The molecule has 0 unspecified atom stereocenters. The summed E-state index contributed by atoms with van der Waals surface area (Å²) in [5, 5.41) is 9.49. The standard InChI is InChI=1S/2C5H8O2.C4H6O2.C3H9ClN/c1-4(2)5(6)7-3;1-3-5(6)7-4-2;1-3(2)4(5)6;1-5(2,3)4/h1H2,2-3H3;3H,1,4H2,2H3;1H2,2H3,(H,5,6);1-3H3/q;;;+1/p-1. The van der Waals surface area contributed by atoms with E-state index in [1.807, 2.05) is 21.1 Å². The molecule has 0 rings (SSSR count). The molecule has 146 valence electrons. The van der Waals surface area contributed by atoms with Crippen molar-refractivity contribution in [3.8, 4) is 0 Å². The summed E-state index contributed by atoms with van der Waals surface area (Å²) in [6.45, 7) is 14.8. The molecule has 0 heterocycles. The van der Waals surface area contributed by atoms with Crippen molar-refractivity contribution in [1.82, 2.24) is 0 Å². The molecule has 0 saturated heterocycles. The molecule has 0 aromatic rings. The molecule has 0 N–H and O–H groups in total. The Labute approximate surface area is 155 Å². The number of aliphatic carboxylic acids is 1. The predicted molar refractivity (Wildman–Crippen MR) is 97.4 cm³/mol. The van der Waals surface area contributed by atoms with Crippen molar-refractivity contribution in [3.63, 3.8) is 0 Å². The fourth-order valence-corrected chi connectivity index (χ4v) is 0.375. The van der Waals surface area contributed by atoms with E-state index >= 15 is 0 Å². The number of carbonyl (C=O) groups excluding carboxylic acids is 3. The summed E-state index contributed by atoms with van der Waals surface area (Å²) < 4.78 is 9.18. The summed E-state index contributed by atoms with van der Waals surface area (Å²) in [4.78, 5) is 29.7. The zero-order valence-electron chi connectivity index (χ0n) is 16.2. The van der Waals surface area contributed by atoms with Crippen LogP contribution in [0.25, 0.3) is 0 Å². The van der Waals surface area contributed by atoms with E-state index < -0.39 is 5.97 Å². The molecule has 0 fully saturated rings. The molecule has 0 aliphatic rings. The van der Waals surface area contributed by atoms with Crippen LogP contribution in [-0.4, -0.2) is 56.8 Å². The first-order valence-corrected chi connectivity index (χ1v) is 7.38. The minimum absolute atomic E-state index is 0.0648. The number of hydrogen-bond acceptors (Lipinski definition) is 6. The summed E-state index contributed by atoms with van der Waals surface area (Å²) in [5.74, 6) is -1.89. The first-order chi connectivity index (χ1) is 11.1. The normalized spacial score (nSPS) is 8.48. The van der Waals surface area contributed by atoms with Crippen molar-refractivity contribution in [2.75, 3.05) is 34.9 Å². The quantitative estimate of drug-likeness (QED) is 0.418. The molecule has 7 nitrogen and oxygen atoms in total. The van der Waals surface area contributed by atoms with Gasteiger partial charge in [-0.2, -0.15) is 0 Å². The topological polar surface area (TPSA) is 92.7 Å². The lowest BCUT2D eigenvalue weighted by Gasteiger charge is -2.07. The fourth-order valence-electron chi connectivity index (χ4n) is 0.375. The Hall–Kier alpha value is -2.12. The summed E-state index contributed by atoms with van der Waals surface area (Å²) in [7, 11) is 7.00. The Morgan fingerprint density at radius 1 is 1.12 bits per heavy atom. The third-order valence-electron chi connectivity index (χ3n) is 1.34. The van der Waals surface area contributed by atoms with E-state index in [0.717, 1.165) is 6.08 Å². The van der Waals surface area contributed by atoms with Crippen molar-refractivity contribution in [3.05, 3.63) is 37.0 Å². The molecular formula is C17H30ClNO6. The first kappa shape index (κ1) is 30.7. The zero-order valence-corrected chi connectivity index (χ0v) is 16.9. The van der Waals surface area contributed by atoms with E-state index in [1.54, 1.807) is 13.8 Å². The third kappa shape index (κ3) is 52.1. The van der Waals surface area contributed by atoms with Crippen LogP contribution >= 0.6 is 11.8 Å². The lowest BCUT2D eigenvalue weighted by molar-refractivity contribution is -0.747. The number of halogens is 1. The van der Waals surface area contributed by atoms with E-state index in [0.29, 0.717) is 16.2 Å². The molecule has 0 aromatic heterocycles. The molecule has 8 heteroatoms. The van der Waals surface area contributed by atoms with Gasteiger partial charge in [-0.05, 0) is 26.3 Å². The maximum atomic E-state index is 10.2. The highest BCUT2D eigenvalue weighted by Crippen LogP contribution is 1.91. The van der Waals surface area contributed by atoms with Crippen LogP contribution in [0.1, 0.15) is 20.8 Å². The number of carboxylic acid groups (broad SMARTS) is 1. The van der Waals surface area contributed by atoms with Crippen molar-refractivity contribution in [2.45, 2.75) is 20.8 Å². The van der Waals surface area contributed by atoms with Crippen molar-refractivity contribution >= 4 is 29.7 Å². The van der Waals surface area contributed by atoms with Gasteiger partial charge in [0.2, 0.25) is 0 Å². The summed E-state index contributed by atoms with van der Waals surface area (Å²) >= 11 is 5.47. The van der Waals surface area contributed by atoms with Crippen molar-refractivity contribution < 1.29 is 33.0 Å². The molecule has 0 aliphatic carbocycles. The largest absolute Gasteiger partial charge is 0.545 e. The highest BCUT2D eigenvalue weighted by molar-refractivity contribution is 6.06. The summed E-state index contributed by atoms with van der Waals surface area (Å²) in [6, 6.07) is 0. The zero-order chi connectivity index (χ0) is 21.2. The second-order valence-corrected chi connectivity index (χ2v) is 6.16. The average molecular weight is 380 g/mol. The Kier molecular flexibility index (Phi) is 22.4. The van der Waals surface area contributed by atoms with Gasteiger partial charge in [-0.25, -0.2) is 13.6 Å². The smallest absolute Gasteiger partial charge is 0.332 e. The minimum Gasteiger partial charge on any atom is -0.545 e. The maximum absolute atomic E-state index is 10.2. The molecule has 0 bridgehead atoms. The molecule has 25 heavy (non-hydrogen) atoms. The molecule has 0 saturated carbocycles. The van der Waals surface area contributed by atoms with Gasteiger partial charge in [0, 0.05) is 11.6 Å². The SMILES string of the molecule is C=C(C)C(=O)OC.C=C(C)C(=O)[O-].C=CC(=O)OCC.C[N+](C)(C)Cl. The van der Waals surface area contributed by atoms with E-state index in [-0.39, 0.29) is 17.5 Å². The van der Waals surface area contributed by atoms with Crippen molar-refractivity contribution in [2.24, 2.45) is 0 Å². The third-order valence-corrected chi connectivity index (χ3v) is 1.34. The van der Waals surface area contributed by atoms with E-state index in [4.69, 9.17) is 11.8 Å². The highest BCUT2D eigenvalue weighted by atomic mass is 35.5. The predicted octanol–water partition coefficient (Wildman–Crippen LogP) is 1.63. The van der Waals surface area contributed by atoms with Crippen LogP contribution in [0.2, 0.25) is 0 Å². The van der Waals surface area contributed by atoms with Gasteiger partial charge >= 0.3 is 11.9 Å². The molecule has 0 aromatic carbocycles. The van der Waals surface area contributed by atoms with Gasteiger partial charge in [-0.3, -0.25) is 0 Å². The van der Waals surface area contributed by atoms with Gasteiger partial charge in [0.1, 0.15) is 0 Å². The van der Waals surface area contributed by atoms with E-state index in [9.17, 15) is 19.5 Å². The van der Waals surface area contributed by atoms with Crippen LogP contribution < -0.4 is 5.11 Å². The second kappa shape index (κ2) is 18.2. The van der Waals surface area contributed by atoms with Crippen LogP contribution in [0.5, 0.6) is 0 Å². The monoisotopic (exact) mass is 379 g/mol. The molecule has 0 aliphatic heterocycles. The van der Waals surface area contributed by atoms with Crippen LogP contribution in [-0.2, 0) is 23.9 Å². The first-order valence-electron chi connectivity index (χ1n) is 7.04. The number of quaternary nitrogens is 1. The number of nitrogens with zero attached hydrogens (tertiary/aromatic N) is 1. The lowest BCUT2D eigenvalue weighted by atomic mass is 10.4. The van der Waals surface area contributed by atoms with Gasteiger partial charge in [-0.15, -0.1) is 0 Å². The lowest BCUT2D eigenvalue weighted by Crippen LogP contribution is -2.22. The minimum atomic E-state index is -1.19. The number of rotatable bonds is 4. The maximum Gasteiger partial charge on any atom is 0.332 e. The highest BCUT2D eigenvalue weighted by Gasteiger charge is 1.95. The van der Waals surface area contributed by atoms with Gasteiger partial charge in [0.15, 0.2) is 11.8 Å². The summed E-state index contributed by atoms with van der Waals surface area (Å²) in [5.41, 5.74) is 0.498. The Morgan fingerprint density at radius 3 is 1.48 bits per heavy atom. The fraction of sp³-hybridized carbons (Fsp3) is 0.471. The van der Waals surface area contributed by atoms with Gasteiger partial charge in [0.05, 0.1) is 40.8 Å². The number of carbonyl (C=O) groups is 3. The van der Waals surface area contributed by atoms with E-state index in [2.05, 4.69) is 29.2 Å². The number of esters is 2. The second-order valence-electron chi connectivity index (χ2n) is 5.14. The number of carboxylic acids is 1. The summed E-state index contributed by atoms with van der Waals surface area (Å²) in [6.07, 6.45) is 1.14. The number of ether oxygens (including phenoxy) is 2. The van der Waals surface area contributed by atoms with Crippen LogP contribution in [0.4, 0.5) is 0 Å². The van der Waals surface area contributed by atoms with Crippen LogP contribution in [0.15, 0.2) is 37.0 Å². The molecule has 0 amide bonds. The molecule has 0 spiro atoms. The van der Waals surface area contributed by atoms with Crippen LogP contribution in [0, 0.1) is 0 Å². The van der Waals surface area contributed by atoms with Gasteiger partial charge in [-0.1, -0.05) is 19.7 Å².